The van der Waals surface area contributed by atoms with Gasteiger partial charge in [-0.15, -0.1) is 11.6 Å². The molecule has 0 spiro atoms. The Kier molecular flexibility index (Phi) is 7.87. The second kappa shape index (κ2) is 10.2. The highest BCUT2D eigenvalue weighted by molar-refractivity contribution is 6.20. The van der Waals surface area contributed by atoms with Gasteiger partial charge in [0.25, 0.3) is 0 Å². The molecular formula is C21H29ClF3N3O2. The van der Waals surface area contributed by atoms with Gasteiger partial charge in [-0.2, -0.15) is 13.2 Å². The fourth-order valence-electron chi connectivity index (χ4n) is 4.25. The van der Waals surface area contributed by atoms with Crippen LogP contribution in [0.4, 0.5) is 13.2 Å². The molecule has 1 aliphatic heterocycles. The minimum Gasteiger partial charge on any atom is -0.379 e. The summed E-state index contributed by atoms with van der Waals surface area (Å²) < 4.78 is 42.4. The van der Waals surface area contributed by atoms with Crippen molar-refractivity contribution in [1.82, 2.24) is 14.9 Å². The van der Waals surface area contributed by atoms with Crippen molar-refractivity contribution in [1.29, 1.82) is 0 Å². The van der Waals surface area contributed by atoms with Gasteiger partial charge in [0.1, 0.15) is 0 Å². The molecule has 1 saturated heterocycles. The monoisotopic (exact) mass is 447 g/mol. The van der Waals surface area contributed by atoms with Gasteiger partial charge in [0.05, 0.1) is 22.7 Å². The lowest BCUT2D eigenvalue weighted by atomic mass is 9.90. The molecule has 1 saturated carbocycles. The number of ether oxygens (including phenoxy) is 1. The minimum atomic E-state index is -4.39. The maximum atomic E-state index is 12.2. The lowest BCUT2D eigenvalue weighted by molar-refractivity contribution is -0.137. The van der Waals surface area contributed by atoms with Crippen LogP contribution >= 0.6 is 11.6 Å². The van der Waals surface area contributed by atoms with Gasteiger partial charge in [0.15, 0.2) is 0 Å². The Labute approximate surface area is 178 Å². The van der Waals surface area contributed by atoms with E-state index in [4.69, 9.17) is 16.3 Å². The predicted molar refractivity (Wildman–Crippen MR) is 112 cm³/mol. The summed E-state index contributed by atoms with van der Waals surface area (Å²) in [6.07, 6.45) is 3.63. The number of fused-ring (bicyclic) bond motifs is 1. The number of piperidine rings is 1. The van der Waals surface area contributed by atoms with Gasteiger partial charge in [0.2, 0.25) is 0 Å². The summed E-state index contributed by atoms with van der Waals surface area (Å²) in [5, 5.41) is 0.427. The molecule has 1 aromatic carbocycles. The molecule has 2 heterocycles. The number of nitrogens with zero attached hydrogens (tertiary/aromatic N) is 1. The van der Waals surface area contributed by atoms with Gasteiger partial charge in [-0.05, 0) is 76.7 Å². The van der Waals surface area contributed by atoms with E-state index in [-0.39, 0.29) is 5.52 Å². The smallest absolute Gasteiger partial charge is 0.379 e. The van der Waals surface area contributed by atoms with Crippen molar-refractivity contribution in [3.05, 3.63) is 34.2 Å². The first-order valence-corrected chi connectivity index (χ1v) is 11.0. The maximum absolute atomic E-state index is 12.2. The fourth-order valence-corrected chi connectivity index (χ4v) is 4.45. The number of hydrogen-bond acceptors (Lipinski definition) is 3. The minimum absolute atomic E-state index is 0.157. The molecule has 2 N–H and O–H groups in total. The van der Waals surface area contributed by atoms with Crippen LogP contribution in [-0.4, -0.2) is 52.1 Å². The van der Waals surface area contributed by atoms with Crippen molar-refractivity contribution >= 4 is 22.6 Å². The number of benzene rings is 1. The van der Waals surface area contributed by atoms with Crippen molar-refractivity contribution in [3.8, 4) is 0 Å². The molecular weight excluding hydrogens is 419 g/mol. The van der Waals surface area contributed by atoms with E-state index < -0.39 is 17.4 Å². The third-order valence-corrected chi connectivity index (χ3v) is 6.30. The predicted octanol–water partition coefficient (Wildman–Crippen LogP) is 4.91. The molecule has 0 amide bonds. The number of likely N-dealkylation sites (tertiary alicyclic amines) is 1. The van der Waals surface area contributed by atoms with Gasteiger partial charge in [-0.25, -0.2) is 4.79 Å². The summed E-state index contributed by atoms with van der Waals surface area (Å²) in [5.41, 5.74) is -0.771. The molecule has 1 aromatic heterocycles. The summed E-state index contributed by atoms with van der Waals surface area (Å²) in [6.45, 7) is 5.38. The van der Waals surface area contributed by atoms with E-state index in [1.165, 1.54) is 57.7 Å². The van der Waals surface area contributed by atoms with Gasteiger partial charge in [-0.3, -0.25) is 0 Å². The molecule has 2 aromatic rings. The number of aromatic nitrogens is 2. The number of alkyl halides is 4. The number of nitrogens with one attached hydrogen (secondary N) is 2. The molecule has 2 fully saturated rings. The van der Waals surface area contributed by atoms with Crippen molar-refractivity contribution in [3.63, 3.8) is 0 Å². The Bertz CT molecular complexity index is 851. The van der Waals surface area contributed by atoms with Crippen LogP contribution in [0, 0.1) is 0 Å². The molecule has 1 aliphatic carbocycles. The lowest BCUT2D eigenvalue weighted by Crippen LogP contribution is -2.44. The average molecular weight is 448 g/mol. The number of hydrogen-bond donors (Lipinski definition) is 2. The van der Waals surface area contributed by atoms with E-state index in [0.717, 1.165) is 24.8 Å². The number of imidazole rings is 1. The fraction of sp³-hybridized carbons (Fsp3) is 0.667. The van der Waals surface area contributed by atoms with E-state index in [2.05, 4.69) is 21.8 Å². The average Bonchev–Trinajstić information content (AvgIpc) is 3.09. The summed E-state index contributed by atoms with van der Waals surface area (Å²) >= 11 is 6.14. The van der Waals surface area contributed by atoms with Gasteiger partial charge in [-0.1, -0.05) is 0 Å². The van der Waals surface area contributed by atoms with Crippen LogP contribution in [0.5, 0.6) is 0 Å². The standard InChI is InChI=1S/C13H24ClNO.C8H5F3N2O/c1-2-16-13-5-3-12(4-6-13)15-9-7-11(14)8-10-15;9-8(10,11)4-1-2-5-6(3-4)13-7(14)12-5/h11-13H,2-10H2,1H3;1-3H,(H2,12,13,14). The Hall–Kier alpha value is -1.51. The molecule has 2 aliphatic rings. The maximum Gasteiger partial charge on any atom is 0.416 e. The first kappa shape index (κ1) is 23.2. The van der Waals surface area contributed by atoms with Crippen LogP contribution in [0.2, 0.25) is 0 Å². The van der Waals surface area contributed by atoms with Crippen molar-refractivity contribution in [2.45, 2.75) is 69.1 Å². The van der Waals surface area contributed by atoms with Crippen molar-refractivity contribution in [2.75, 3.05) is 19.7 Å². The summed E-state index contributed by atoms with van der Waals surface area (Å²) in [7, 11) is 0. The lowest BCUT2D eigenvalue weighted by Gasteiger charge is -2.39. The summed E-state index contributed by atoms with van der Waals surface area (Å²) in [6, 6.07) is 3.84. The van der Waals surface area contributed by atoms with E-state index in [9.17, 15) is 18.0 Å². The first-order chi connectivity index (χ1) is 14.3. The Morgan fingerprint density at radius 2 is 1.70 bits per heavy atom. The van der Waals surface area contributed by atoms with Crippen LogP contribution in [0.1, 0.15) is 51.0 Å². The SMILES string of the molecule is CCOC1CCC(N2CCC(Cl)CC2)CC1.O=c1[nH]c2ccc(C(F)(F)F)cc2[nH]1. The zero-order valence-corrected chi connectivity index (χ0v) is 17.9. The quantitative estimate of drug-likeness (QED) is 0.657. The van der Waals surface area contributed by atoms with Crippen LogP contribution in [0.15, 0.2) is 23.0 Å². The highest BCUT2D eigenvalue weighted by atomic mass is 35.5. The van der Waals surface area contributed by atoms with Crippen LogP contribution in [0.25, 0.3) is 11.0 Å². The van der Waals surface area contributed by atoms with E-state index in [1.54, 1.807) is 0 Å². The van der Waals surface area contributed by atoms with E-state index in [0.29, 0.717) is 17.0 Å². The number of aromatic amines is 2. The second-order valence-corrected chi connectivity index (χ2v) is 8.55. The molecule has 4 rings (SSSR count). The second-order valence-electron chi connectivity index (χ2n) is 7.93. The van der Waals surface area contributed by atoms with Gasteiger partial charge in [0, 0.05) is 18.0 Å². The zero-order chi connectivity index (χ0) is 21.7. The number of H-pyrrole nitrogens is 2. The summed E-state index contributed by atoms with van der Waals surface area (Å²) in [4.78, 5) is 18.0. The van der Waals surface area contributed by atoms with Crippen LogP contribution in [-0.2, 0) is 10.9 Å². The molecule has 5 nitrogen and oxygen atoms in total. The zero-order valence-electron chi connectivity index (χ0n) is 17.1. The molecule has 9 heteroatoms. The molecule has 0 atom stereocenters. The third-order valence-electron chi connectivity index (χ3n) is 5.86. The first-order valence-electron chi connectivity index (χ1n) is 10.5. The van der Waals surface area contributed by atoms with Crippen LogP contribution < -0.4 is 5.69 Å². The summed E-state index contributed by atoms with van der Waals surface area (Å²) in [5.74, 6) is 0. The Balaban J connectivity index is 0.000000172. The molecule has 168 valence electrons. The van der Waals surface area contributed by atoms with Gasteiger partial charge < -0.3 is 19.6 Å². The van der Waals surface area contributed by atoms with Crippen molar-refractivity contribution < 1.29 is 17.9 Å². The number of rotatable bonds is 3. The topological polar surface area (TPSA) is 61.1 Å². The Morgan fingerprint density at radius 3 is 2.30 bits per heavy atom. The molecule has 0 radical (unpaired) electrons. The van der Waals surface area contributed by atoms with Gasteiger partial charge >= 0.3 is 11.9 Å². The Morgan fingerprint density at radius 1 is 1.07 bits per heavy atom. The third kappa shape index (κ3) is 6.25. The normalized spacial score (nSPS) is 23.9. The van der Waals surface area contributed by atoms with E-state index >= 15 is 0 Å². The largest absolute Gasteiger partial charge is 0.416 e. The number of halogens is 4. The van der Waals surface area contributed by atoms with Crippen molar-refractivity contribution in [2.24, 2.45) is 0 Å². The molecule has 0 unspecified atom stereocenters. The van der Waals surface area contributed by atoms with Crippen LogP contribution in [0.3, 0.4) is 0 Å². The molecule has 0 bridgehead atoms. The van der Waals surface area contributed by atoms with E-state index in [1.807, 2.05) is 0 Å². The molecule has 30 heavy (non-hydrogen) atoms. The highest BCUT2D eigenvalue weighted by Gasteiger charge is 2.30. The highest BCUT2D eigenvalue weighted by Crippen LogP contribution is 2.30.